The van der Waals surface area contributed by atoms with Crippen LogP contribution in [0.3, 0.4) is 0 Å². The van der Waals surface area contributed by atoms with Crippen molar-refractivity contribution in [3.05, 3.63) is 57.0 Å². The van der Waals surface area contributed by atoms with E-state index < -0.39 is 0 Å². The van der Waals surface area contributed by atoms with Crippen molar-refractivity contribution in [3.63, 3.8) is 0 Å². The number of hydrogen-bond acceptors (Lipinski definition) is 4. The molecule has 1 fully saturated rings. The van der Waals surface area contributed by atoms with Crippen LogP contribution in [-0.4, -0.2) is 22.4 Å². The maximum Gasteiger partial charge on any atom is 0.251 e. The molecule has 0 saturated heterocycles. The lowest BCUT2D eigenvalue weighted by Gasteiger charge is -2.21. The second kappa shape index (κ2) is 9.95. The van der Waals surface area contributed by atoms with Crippen molar-refractivity contribution < 1.29 is 4.79 Å². The van der Waals surface area contributed by atoms with Crippen LogP contribution in [0.25, 0.3) is 0 Å². The summed E-state index contributed by atoms with van der Waals surface area (Å²) in [6.07, 6.45) is 6.31. The van der Waals surface area contributed by atoms with Gasteiger partial charge in [-0.25, -0.2) is 4.98 Å². The van der Waals surface area contributed by atoms with Crippen LogP contribution < -0.4 is 10.9 Å². The first-order chi connectivity index (χ1) is 13.1. The predicted molar refractivity (Wildman–Crippen MR) is 109 cm³/mol. The minimum atomic E-state index is -0.242. The molecule has 1 heterocycles. The Hall–Kier alpha value is -1.79. The Morgan fingerprint density at radius 3 is 2.85 bits per heavy atom. The van der Waals surface area contributed by atoms with Crippen molar-refractivity contribution in [2.75, 3.05) is 6.54 Å². The molecule has 1 amide bonds. The van der Waals surface area contributed by atoms with Crippen LogP contribution in [0.5, 0.6) is 0 Å². The zero-order valence-corrected chi connectivity index (χ0v) is 16.7. The van der Waals surface area contributed by atoms with E-state index in [-0.39, 0.29) is 17.9 Å². The van der Waals surface area contributed by atoms with E-state index in [9.17, 15) is 9.59 Å². The summed E-state index contributed by atoms with van der Waals surface area (Å²) in [6.45, 7) is 0.721. The minimum absolute atomic E-state index is 0.0792. The largest absolute Gasteiger partial charge is 0.355 e. The van der Waals surface area contributed by atoms with Crippen LogP contribution in [0, 0.1) is 5.92 Å². The molecule has 2 N–H and O–H groups in total. The number of amides is 1. The van der Waals surface area contributed by atoms with E-state index in [4.69, 9.17) is 11.6 Å². The van der Waals surface area contributed by atoms with Gasteiger partial charge in [-0.2, -0.15) is 0 Å². The molecule has 0 aliphatic heterocycles. The average molecular weight is 406 g/mol. The second-order valence-electron chi connectivity index (χ2n) is 6.95. The minimum Gasteiger partial charge on any atom is -0.355 e. The number of nitrogens with one attached hydrogen (secondary N) is 2. The van der Waals surface area contributed by atoms with Crippen LogP contribution in [0.2, 0.25) is 5.02 Å². The van der Waals surface area contributed by atoms with Crippen molar-refractivity contribution >= 4 is 29.3 Å². The van der Waals surface area contributed by atoms with Gasteiger partial charge in [0.25, 0.3) is 5.56 Å². The molecule has 7 heteroatoms. The molecular weight excluding hydrogens is 382 g/mol. The van der Waals surface area contributed by atoms with Crippen LogP contribution in [0.15, 0.2) is 40.3 Å². The number of thioether (sulfide) groups is 1. The highest BCUT2D eigenvalue weighted by molar-refractivity contribution is 7.98. The molecule has 27 heavy (non-hydrogen) atoms. The average Bonchev–Trinajstić information content (AvgIpc) is 2.65. The summed E-state index contributed by atoms with van der Waals surface area (Å²) in [7, 11) is 0. The Labute approximate surface area is 168 Å². The Morgan fingerprint density at radius 1 is 1.26 bits per heavy atom. The van der Waals surface area contributed by atoms with Gasteiger partial charge in [0.05, 0.1) is 12.1 Å². The Morgan fingerprint density at radius 2 is 2.07 bits per heavy atom. The highest BCUT2D eigenvalue weighted by Gasteiger charge is 2.15. The van der Waals surface area contributed by atoms with E-state index in [1.165, 1.54) is 49.9 Å². The number of halogens is 1. The maximum atomic E-state index is 12.2. The topological polar surface area (TPSA) is 74.8 Å². The lowest BCUT2D eigenvalue weighted by molar-refractivity contribution is -0.120. The molecule has 0 atom stereocenters. The number of aromatic nitrogens is 2. The number of H-pyrrole nitrogens is 1. The molecule has 0 radical (unpaired) electrons. The summed E-state index contributed by atoms with van der Waals surface area (Å²) in [5.41, 5.74) is 1.30. The third-order valence-corrected chi connectivity index (χ3v) is 5.87. The highest BCUT2D eigenvalue weighted by atomic mass is 35.5. The molecule has 144 valence electrons. The predicted octanol–water partition coefficient (Wildman–Crippen LogP) is 3.95. The molecule has 0 unspecified atom stereocenters. The Balaban J connectivity index is 1.54. The van der Waals surface area contributed by atoms with Gasteiger partial charge in [-0.3, -0.25) is 9.59 Å². The lowest BCUT2D eigenvalue weighted by Crippen LogP contribution is -2.31. The van der Waals surface area contributed by atoms with E-state index in [1.807, 2.05) is 24.3 Å². The van der Waals surface area contributed by atoms with Crippen molar-refractivity contribution in [2.45, 2.75) is 49.4 Å². The molecule has 1 aromatic carbocycles. The van der Waals surface area contributed by atoms with E-state index in [0.717, 1.165) is 12.1 Å². The number of benzene rings is 1. The van der Waals surface area contributed by atoms with E-state index in [2.05, 4.69) is 15.3 Å². The molecular formula is C20H24ClN3O2S. The molecule has 0 bridgehead atoms. The summed E-state index contributed by atoms with van der Waals surface area (Å²) in [5, 5.41) is 4.18. The molecule has 0 spiro atoms. The van der Waals surface area contributed by atoms with Crippen molar-refractivity contribution in [1.29, 1.82) is 0 Å². The third kappa shape index (κ3) is 6.70. The van der Waals surface area contributed by atoms with Gasteiger partial charge in [-0.15, -0.1) is 0 Å². The summed E-state index contributed by atoms with van der Waals surface area (Å²) in [4.78, 5) is 31.3. The van der Waals surface area contributed by atoms with E-state index in [0.29, 0.717) is 27.5 Å². The van der Waals surface area contributed by atoms with Gasteiger partial charge < -0.3 is 10.3 Å². The lowest BCUT2D eigenvalue weighted by atomic mass is 9.89. The number of nitrogens with zero attached hydrogens (tertiary/aromatic N) is 1. The smallest absolute Gasteiger partial charge is 0.251 e. The van der Waals surface area contributed by atoms with E-state index >= 15 is 0 Å². The number of carbonyl (C=O) groups excluding carboxylic acids is 1. The maximum absolute atomic E-state index is 12.2. The first kappa shape index (κ1) is 20.0. The summed E-state index contributed by atoms with van der Waals surface area (Å²) >= 11 is 7.41. The summed E-state index contributed by atoms with van der Waals surface area (Å²) < 4.78 is 0. The van der Waals surface area contributed by atoms with Crippen LogP contribution in [0.4, 0.5) is 0 Å². The normalized spacial score (nSPS) is 14.9. The van der Waals surface area contributed by atoms with Gasteiger partial charge in [0.15, 0.2) is 5.16 Å². The molecule has 1 aliphatic carbocycles. The zero-order chi connectivity index (χ0) is 19.1. The quantitative estimate of drug-likeness (QED) is 0.540. The van der Waals surface area contributed by atoms with Gasteiger partial charge in [0.1, 0.15) is 0 Å². The van der Waals surface area contributed by atoms with Crippen molar-refractivity contribution in [2.24, 2.45) is 5.92 Å². The van der Waals surface area contributed by atoms with Crippen molar-refractivity contribution in [3.8, 4) is 0 Å². The fraction of sp³-hybridized carbons (Fsp3) is 0.450. The summed E-state index contributed by atoms with van der Waals surface area (Å²) in [5.74, 6) is 1.14. The van der Waals surface area contributed by atoms with Gasteiger partial charge in [-0.05, 0) is 36.5 Å². The number of aromatic amines is 1. The molecule has 3 rings (SSSR count). The highest BCUT2D eigenvalue weighted by Crippen LogP contribution is 2.23. The third-order valence-electron chi connectivity index (χ3n) is 4.69. The van der Waals surface area contributed by atoms with Crippen LogP contribution >= 0.6 is 23.4 Å². The first-order valence-electron chi connectivity index (χ1n) is 9.32. The fourth-order valence-corrected chi connectivity index (χ4v) is 4.35. The van der Waals surface area contributed by atoms with Crippen LogP contribution in [0.1, 0.15) is 43.4 Å². The van der Waals surface area contributed by atoms with Gasteiger partial charge in [0.2, 0.25) is 5.91 Å². The molecule has 2 aromatic rings. The number of carbonyl (C=O) groups is 1. The summed E-state index contributed by atoms with van der Waals surface area (Å²) in [6, 6.07) is 8.96. The molecule has 1 saturated carbocycles. The Bertz CT molecular complexity index is 834. The second-order valence-corrected chi connectivity index (χ2v) is 8.35. The standard InChI is InChI=1S/C20H24ClN3O2S/c21-16-8-4-7-15(9-16)13-27-20-23-17(11-19(26)24-20)10-18(25)22-12-14-5-2-1-3-6-14/h4,7-9,11,14H,1-3,5-6,10,12-13H2,(H,22,25)(H,23,24,26). The molecule has 1 aromatic heterocycles. The number of hydrogen-bond donors (Lipinski definition) is 2. The SMILES string of the molecule is O=C(Cc1cc(=O)[nH]c(SCc2cccc(Cl)c2)n1)NCC1CCCCC1. The van der Waals surface area contributed by atoms with Gasteiger partial charge >= 0.3 is 0 Å². The van der Waals surface area contributed by atoms with Crippen LogP contribution in [-0.2, 0) is 17.0 Å². The molecule has 1 aliphatic rings. The van der Waals surface area contributed by atoms with E-state index in [1.54, 1.807) is 0 Å². The first-order valence-corrected chi connectivity index (χ1v) is 10.7. The van der Waals surface area contributed by atoms with Gasteiger partial charge in [0, 0.05) is 23.4 Å². The fourth-order valence-electron chi connectivity index (χ4n) is 3.30. The molecule has 5 nitrogen and oxygen atoms in total. The van der Waals surface area contributed by atoms with Gasteiger partial charge in [-0.1, -0.05) is 54.8 Å². The Kier molecular flexibility index (Phi) is 7.35. The number of rotatable bonds is 7. The monoisotopic (exact) mass is 405 g/mol. The van der Waals surface area contributed by atoms with Crippen molar-refractivity contribution in [1.82, 2.24) is 15.3 Å². The zero-order valence-electron chi connectivity index (χ0n) is 15.2.